The first kappa shape index (κ1) is 19.6. The Kier molecular flexibility index (Phi) is 5.32. The quantitative estimate of drug-likeness (QED) is 0.540. The third-order valence-electron chi connectivity index (χ3n) is 5.97. The van der Waals surface area contributed by atoms with Gasteiger partial charge in [-0.05, 0) is 34.9 Å². The SMILES string of the molecule is O=c1oc2c(N3CCN(Cc4cccc(-c5ccccc5)c4)CC3)cccc2n1CO. The highest BCUT2D eigenvalue weighted by Gasteiger charge is 2.21. The summed E-state index contributed by atoms with van der Waals surface area (Å²) < 4.78 is 6.69. The molecule has 0 aliphatic carbocycles. The number of piperazine rings is 1. The predicted octanol–water partition coefficient (Wildman–Crippen LogP) is 3.53. The highest BCUT2D eigenvalue weighted by molar-refractivity contribution is 5.87. The Morgan fingerprint density at radius 1 is 0.839 bits per heavy atom. The maximum atomic E-state index is 12.0. The highest BCUT2D eigenvalue weighted by Crippen LogP contribution is 2.27. The fourth-order valence-corrected chi connectivity index (χ4v) is 4.34. The molecule has 6 nitrogen and oxygen atoms in total. The Hall–Kier alpha value is -3.35. The number of fused-ring (bicyclic) bond motifs is 1. The minimum atomic E-state index is -0.526. The number of aliphatic hydroxyl groups excluding tert-OH is 1. The number of para-hydroxylation sites is 1. The summed E-state index contributed by atoms with van der Waals surface area (Å²) in [5.41, 5.74) is 5.87. The fourth-order valence-electron chi connectivity index (χ4n) is 4.34. The summed E-state index contributed by atoms with van der Waals surface area (Å²) >= 11 is 0. The van der Waals surface area contributed by atoms with Crippen molar-refractivity contribution < 1.29 is 9.52 Å². The molecular formula is C25H25N3O3. The molecule has 31 heavy (non-hydrogen) atoms. The number of rotatable bonds is 5. The van der Waals surface area contributed by atoms with Gasteiger partial charge in [-0.1, -0.05) is 54.6 Å². The van der Waals surface area contributed by atoms with Crippen molar-refractivity contribution in [1.82, 2.24) is 9.47 Å². The number of nitrogens with zero attached hydrogens (tertiary/aromatic N) is 3. The molecule has 5 rings (SSSR count). The standard InChI is InChI=1S/C25H25N3O3/c29-18-28-23-11-5-10-22(24(23)31-25(28)30)27-14-12-26(13-15-27)17-19-6-4-9-21(16-19)20-7-2-1-3-8-20/h1-11,16,29H,12-15,17-18H2. The minimum Gasteiger partial charge on any atom is -0.405 e. The molecule has 0 saturated carbocycles. The van der Waals surface area contributed by atoms with Crippen LogP contribution in [-0.4, -0.2) is 40.8 Å². The number of aliphatic hydroxyl groups is 1. The summed E-state index contributed by atoms with van der Waals surface area (Å²) in [5, 5.41) is 9.46. The van der Waals surface area contributed by atoms with Gasteiger partial charge in [0, 0.05) is 32.7 Å². The van der Waals surface area contributed by atoms with E-state index in [0.717, 1.165) is 38.4 Å². The van der Waals surface area contributed by atoms with Crippen molar-refractivity contribution in [2.45, 2.75) is 13.3 Å². The molecule has 2 heterocycles. The molecule has 0 atom stereocenters. The van der Waals surface area contributed by atoms with Crippen LogP contribution >= 0.6 is 0 Å². The number of anilines is 1. The molecule has 1 saturated heterocycles. The zero-order chi connectivity index (χ0) is 21.2. The van der Waals surface area contributed by atoms with Gasteiger partial charge in [0.2, 0.25) is 0 Å². The van der Waals surface area contributed by atoms with E-state index in [9.17, 15) is 9.90 Å². The van der Waals surface area contributed by atoms with Gasteiger partial charge in [-0.25, -0.2) is 9.36 Å². The van der Waals surface area contributed by atoms with E-state index < -0.39 is 5.76 Å². The topological polar surface area (TPSA) is 61.9 Å². The van der Waals surface area contributed by atoms with Gasteiger partial charge >= 0.3 is 5.76 Å². The van der Waals surface area contributed by atoms with Gasteiger partial charge in [0.25, 0.3) is 0 Å². The first-order valence-electron chi connectivity index (χ1n) is 10.6. The summed E-state index contributed by atoms with van der Waals surface area (Å²) in [6.45, 7) is 4.09. The lowest BCUT2D eigenvalue weighted by atomic mass is 10.0. The number of hydrogen-bond acceptors (Lipinski definition) is 5. The van der Waals surface area contributed by atoms with Gasteiger partial charge in [-0.2, -0.15) is 0 Å². The van der Waals surface area contributed by atoms with Gasteiger partial charge in [0.05, 0.1) is 11.2 Å². The summed E-state index contributed by atoms with van der Waals surface area (Å²) in [5.74, 6) is -0.526. The van der Waals surface area contributed by atoms with E-state index >= 15 is 0 Å². The van der Waals surface area contributed by atoms with Gasteiger partial charge in [0.1, 0.15) is 6.73 Å². The van der Waals surface area contributed by atoms with E-state index in [1.807, 2.05) is 18.2 Å². The molecule has 4 aromatic rings. The predicted molar refractivity (Wildman–Crippen MR) is 122 cm³/mol. The van der Waals surface area contributed by atoms with E-state index in [0.29, 0.717) is 11.1 Å². The van der Waals surface area contributed by atoms with Crippen LogP contribution in [0.3, 0.4) is 0 Å². The van der Waals surface area contributed by atoms with Gasteiger partial charge in [-0.3, -0.25) is 4.90 Å². The van der Waals surface area contributed by atoms with Crippen LogP contribution in [0.4, 0.5) is 5.69 Å². The maximum absolute atomic E-state index is 12.0. The third-order valence-corrected chi connectivity index (χ3v) is 5.97. The van der Waals surface area contributed by atoms with Crippen LogP contribution in [0.5, 0.6) is 0 Å². The first-order valence-corrected chi connectivity index (χ1v) is 10.6. The molecule has 0 radical (unpaired) electrons. The Morgan fingerprint density at radius 3 is 2.35 bits per heavy atom. The Bertz CT molecular complexity index is 1240. The molecule has 0 bridgehead atoms. The lowest BCUT2D eigenvalue weighted by Gasteiger charge is -2.36. The van der Waals surface area contributed by atoms with Crippen molar-refractivity contribution in [2.75, 3.05) is 31.1 Å². The van der Waals surface area contributed by atoms with Crippen LogP contribution in [0.2, 0.25) is 0 Å². The largest absolute Gasteiger partial charge is 0.421 e. The van der Waals surface area contributed by atoms with E-state index in [1.165, 1.54) is 21.3 Å². The lowest BCUT2D eigenvalue weighted by molar-refractivity contribution is 0.204. The number of hydrogen-bond donors (Lipinski definition) is 1. The molecule has 0 unspecified atom stereocenters. The molecule has 1 aromatic heterocycles. The van der Waals surface area contributed by atoms with Crippen LogP contribution in [-0.2, 0) is 13.3 Å². The molecule has 1 fully saturated rings. The second-order valence-corrected chi connectivity index (χ2v) is 7.89. The smallest absolute Gasteiger partial charge is 0.405 e. The van der Waals surface area contributed by atoms with Crippen LogP contribution in [0.1, 0.15) is 5.56 Å². The molecule has 0 spiro atoms. The zero-order valence-corrected chi connectivity index (χ0v) is 17.3. The fraction of sp³-hybridized carbons (Fsp3) is 0.240. The summed E-state index contributed by atoms with van der Waals surface area (Å²) in [4.78, 5) is 16.7. The lowest BCUT2D eigenvalue weighted by Crippen LogP contribution is -2.46. The zero-order valence-electron chi connectivity index (χ0n) is 17.3. The van der Waals surface area contributed by atoms with E-state index in [4.69, 9.17) is 4.42 Å². The third kappa shape index (κ3) is 3.87. The normalized spacial score (nSPS) is 14.9. The van der Waals surface area contributed by atoms with Crippen molar-refractivity contribution in [2.24, 2.45) is 0 Å². The number of oxazole rings is 1. The molecule has 158 valence electrons. The maximum Gasteiger partial charge on any atom is 0.421 e. The summed E-state index contributed by atoms with van der Waals surface area (Å²) in [6, 6.07) is 24.9. The Labute approximate surface area is 180 Å². The van der Waals surface area contributed by atoms with E-state index in [2.05, 4.69) is 58.3 Å². The van der Waals surface area contributed by atoms with Crippen molar-refractivity contribution in [1.29, 1.82) is 0 Å². The molecule has 0 amide bonds. The van der Waals surface area contributed by atoms with Gasteiger partial charge < -0.3 is 14.4 Å². The number of aromatic nitrogens is 1. The molecule has 6 heteroatoms. The van der Waals surface area contributed by atoms with Gasteiger partial charge in [0.15, 0.2) is 5.58 Å². The minimum absolute atomic E-state index is 0.384. The van der Waals surface area contributed by atoms with E-state index in [-0.39, 0.29) is 6.73 Å². The second-order valence-electron chi connectivity index (χ2n) is 7.89. The molecule has 1 aliphatic rings. The average Bonchev–Trinajstić information content (AvgIpc) is 3.15. The monoisotopic (exact) mass is 415 g/mol. The molecule has 3 aromatic carbocycles. The highest BCUT2D eigenvalue weighted by atomic mass is 16.4. The Balaban J connectivity index is 1.29. The summed E-state index contributed by atoms with van der Waals surface area (Å²) in [7, 11) is 0. The van der Waals surface area contributed by atoms with Crippen LogP contribution in [0.25, 0.3) is 22.2 Å². The van der Waals surface area contributed by atoms with Gasteiger partial charge in [-0.15, -0.1) is 0 Å². The van der Waals surface area contributed by atoms with Crippen molar-refractivity contribution >= 4 is 16.8 Å². The summed E-state index contributed by atoms with van der Waals surface area (Å²) in [6.07, 6.45) is 0. The van der Waals surface area contributed by atoms with E-state index in [1.54, 1.807) is 6.07 Å². The molecular weight excluding hydrogens is 390 g/mol. The first-order chi connectivity index (χ1) is 15.2. The van der Waals surface area contributed by atoms with Crippen molar-refractivity contribution in [3.63, 3.8) is 0 Å². The average molecular weight is 415 g/mol. The van der Waals surface area contributed by atoms with Crippen LogP contribution in [0.15, 0.2) is 82.0 Å². The van der Waals surface area contributed by atoms with Crippen molar-refractivity contribution in [3.05, 3.63) is 88.9 Å². The molecule has 1 N–H and O–H groups in total. The Morgan fingerprint density at radius 2 is 1.58 bits per heavy atom. The molecule has 1 aliphatic heterocycles. The van der Waals surface area contributed by atoms with Crippen LogP contribution in [0, 0.1) is 0 Å². The second kappa shape index (κ2) is 8.41. The van der Waals surface area contributed by atoms with Crippen LogP contribution < -0.4 is 10.7 Å². The number of benzene rings is 3. The van der Waals surface area contributed by atoms with Crippen molar-refractivity contribution in [3.8, 4) is 11.1 Å².